The molecule has 1 aliphatic rings. The summed E-state index contributed by atoms with van der Waals surface area (Å²) in [5, 5.41) is 0. The van der Waals surface area contributed by atoms with Crippen molar-refractivity contribution in [2.24, 2.45) is 17.8 Å². The first-order chi connectivity index (χ1) is 7.41. The summed E-state index contributed by atoms with van der Waals surface area (Å²) in [7, 11) is 2.12. The number of carbonyl (C=O) groups excluding carboxylic acids is 1. The molecule has 0 N–H and O–H groups in total. The normalized spacial score (nSPS) is 27.1. The topological polar surface area (TPSA) is 20.3 Å². The Kier molecular flexibility index (Phi) is 4.97. The number of ketones is 1. The van der Waals surface area contributed by atoms with Gasteiger partial charge in [0.1, 0.15) is 5.78 Å². The molecule has 1 saturated carbocycles. The standard InChI is InChI=1S/C14H27NO/c1-10(2)12-6-7-14(16)13(8-12)9-15(5)11(3)4/h10-13H,6-9H2,1-5H3. The van der Waals surface area contributed by atoms with E-state index in [1.165, 1.54) is 0 Å². The lowest BCUT2D eigenvalue weighted by atomic mass is 9.75. The van der Waals surface area contributed by atoms with Crippen molar-refractivity contribution in [1.82, 2.24) is 4.90 Å². The predicted molar refractivity (Wildman–Crippen MR) is 68.4 cm³/mol. The highest BCUT2D eigenvalue weighted by atomic mass is 16.1. The van der Waals surface area contributed by atoms with Crippen molar-refractivity contribution < 1.29 is 4.79 Å². The van der Waals surface area contributed by atoms with Crippen molar-refractivity contribution in [2.45, 2.75) is 53.0 Å². The molecule has 1 fully saturated rings. The van der Waals surface area contributed by atoms with E-state index < -0.39 is 0 Å². The number of hydrogen-bond acceptors (Lipinski definition) is 2. The van der Waals surface area contributed by atoms with E-state index in [0.717, 1.165) is 37.6 Å². The molecule has 0 radical (unpaired) electrons. The third-order valence-corrected chi connectivity index (χ3v) is 4.14. The molecule has 0 saturated heterocycles. The lowest BCUT2D eigenvalue weighted by Gasteiger charge is -2.34. The van der Waals surface area contributed by atoms with Crippen molar-refractivity contribution in [3.05, 3.63) is 0 Å². The van der Waals surface area contributed by atoms with E-state index in [4.69, 9.17) is 0 Å². The van der Waals surface area contributed by atoms with Crippen LogP contribution in [-0.2, 0) is 4.79 Å². The molecule has 16 heavy (non-hydrogen) atoms. The molecular weight excluding hydrogens is 198 g/mol. The highest BCUT2D eigenvalue weighted by Gasteiger charge is 2.30. The van der Waals surface area contributed by atoms with Gasteiger partial charge in [0.15, 0.2) is 0 Å². The van der Waals surface area contributed by atoms with E-state index in [1.807, 2.05) is 0 Å². The van der Waals surface area contributed by atoms with Crippen LogP contribution >= 0.6 is 0 Å². The van der Waals surface area contributed by atoms with Crippen molar-refractivity contribution in [3.8, 4) is 0 Å². The molecule has 0 aromatic heterocycles. The Bertz CT molecular complexity index is 233. The number of hydrogen-bond donors (Lipinski definition) is 0. The molecule has 0 aromatic carbocycles. The van der Waals surface area contributed by atoms with Crippen molar-refractivity contribution in [3.63, 3.8) is 0 Å². The fourth-order valence-corrected chi connectivity index (χ4v) is 2.49. The molecule has 0 heterocycles. The van der Waals surface area contributed by atoms with Gasteiger partial charge in [0, 0.05) is 24.9 Å². The van der Waals surface area contributed by atoms with Crippen LogP contribution in [0.1, 0.15) is 47.0 Å². The molecule has 1 rings (SSSR count). The van der Waals surface area contributed by atoms with Crippen LogP contribution in [0.25, 0.3) is 0 Å². The smallest absolute Gasteiger partial charge is 0.137 e. The molecule has 0 amide bonds. The minimum atomic E-state index is 0.286. The van der Waals surface area contributed by atoms with Crippen LogP contribution in [0.5, 0.6) is 0 Å². The van der Waals surface area contributed by atoms with E-state index in [-0.39, 0.29) is 5.92 Å². The van der Waals surface area contributed by atoms with Gasteiger partial charge in [-0.25, -0.2) is 0 Å². The summed E-state index contributed by atoms with van der Waals surface area (Å²) in [6, 6.07) is 0.534. The van der Waals surface area contributed by atoms with Crippen LogP contribution in [0.2, 0.25) is 0 Å². The molecule has 2 unspecified atom stereocenters. The molecule has 1 aliphatic carbocycles. The second-order valence-corrected chi connectivity index (χ2v) is 5.98. The molecule has 94 valence electrons. The van der Waals surface area contributed by atoms with Crippen LogP contribution in [0, 0.1) is 17.8 Å². The predicted octanol–water partition coefficient (Wildman–Crippen LogP) is 2.97. The molecule has 2 atom stereocenters. The zero-order chi connectivity index (χ0) is 12.3. The first kappa shape index (κ1) is 13.7. The molecular formula is C14H27NO. The van der Waals surface area contributed by atoms with E-state index in [0.29, 0.717) is 11.8 Å². The van der Waals surface area contributed by atoms with E-state index in [9.17, 15) is 4.79 Å². The zero-order valence-electron chi connectivity index (χ0n) is 11.5. The molecule has 2 heteroatoms. The summed E-state index contributed by atoms with van der Waals surface area (Å²) in [6.45, 7) is 9.88. The average Bonchev–Trinajstić information content (AvgIpc) is 2.20. The summed E-state index contributed by atoms with van der Waals surface area (Å²) in [5.74, 6) is 2.25. The third-order valence-electron chi connectivity index (χ3n) is 4.14. The van der Waals surface area contributed by atoms with Crippen molar-refractivity contribution >= 4 is 5.78 Å². The Labute approximate surface area is 100 Å². The van der Waals surface area contributed by atoms with Crippen molar-refractivity contribution in [2.75, 3.05) is 13.6 Å². The minimum absolute atomic E-state index is 0.286. The fourth-order valence-electron chi connectivity index (χ4n) is 2.49. The van der Waals surface area contributed by atoms with Crippen LogP contribution in [0.3, 0.4) is 0 Å². The number of nitrogens with zero attached hydrogens (tertiary/aromatic N) is 1. The Morgan fingerprint density at radius 3 is 2.44 bits per heavy atom. The molecule has 0 aliphatic heterocycles. The summed E-state index contributed by atoms with van der Waals surface area (Å²) in [5.41, 5.74) is 0. The van der Waals surface area contributed by atoms with Gasteiger partial charge in [0.2, 0.25) is 0 Å². The third kappa shape index (κ3) is 3.58. The van der Waals surface area contributed by atoms with Gasteiger partial charge < -0.3 is 4.90 Å². The Morgan fingerprint density at radius 1 is 1.31 bits per heavy atom. The summed E-state index contributed by atoms with van der Waals surface area (Å²) >= 11 is 0. The quantitative estimate of drug-likeness (QED) is 0.733. The minimum Gasteiger partial charge on any atom is -0.303 e. The van der Waals surface area contributed by atoms with Crippen molar-refractivity contribution in [1.29, 1.82) is 0 Å². The highest BCUT2D eigenvalue weighted by Crippen LogP contribution is 2.32. The van der Waals surface area contributed by atoms with Gasteiger partial charge in [-0.3, -0.25) is 4.79 Å². The average molecular weight is 225 g/mol. The van der Waals surface area contributed by atoms with Gasteiger partial charge in [-0.1, -0.05) is 13.8 Å². The number of carbonyl (C=O) groups is 1. The summed E-state index contributed by atoms with van der Waals surface area (Å²) in [4.78, 5) is 14.2. The molecule has 0 bridgehead atoms. The maximum absolute atomic E-state index is 11.9. The molecule has 0 aromatic rings. The SMILES string of the molecule is CC(C)C1CCC(=O)C(CN(C)C(C)C)C1. The maximum Gasteiger partial charge on any atom is 0.137 e. The lowest BCUT2D eigenvalue weighted by Crippen LogP contribution is -2.38. The zero-order valence-corrected chi connectivity index (χ0v) is 11.5. The van der Waals surface area contributed by atoms with Crippen LogP contribution < -0.4 is 0 Å². The fraction of sp³-hybridized carbons (Fsp3) is 0.929. The van der Waals surface area contributed by atoms with Gasteiger partial charge in [0.25, 0.3) is 0 Å². The first-order valence-corrected chi connectivity index (χ1v) is 6.64. The monoisotopic (exact) mass is 225 g/mol. The summed E-state index contributed by atoms with van der Waals surface area (Å²) in [6.07, 6.45) is 3.02. The van der Waals surface area contributed by atoms with E-state index in [2.05, 4.69) is 39.6 Å². The van der Waals surface area contributed by atoms with Gasteiger partial charge in [-0.05, 0) is 45.6 Å². The molecule has 0 spiro atoms. The van der Waals surface area contributed by atoms with Gasteiger partial charge >= 0.3 is 0 Å². The van der Waals surface area contributed by atoms with Crippen LogP contribution in [0.4, 0.5) is 0 Å². The largest absolute Gasteiger partial charge is 0.303 e. The Balaban J connectivity index is 2.53. The first-order valence-electron chi connectivity index (χ1n) is 6.64. The molecule has 2 nitrogen and oxygen atoms in total. The van der Waals surface area contributed by atoms with Crippen LogP contribution in [-0.4, -0.2) is 30.3 Å². The second-order valence-electron chi connectivity index (χ2n) is 5.98. The summed E-state index contributed by atoms with van der Waals surface area (Å²) < 4.78 is 0. The Hall–Kier alpha value is -0.370. The number of Topliss-reactive ketones (excluding diaryl/α,β-unsaturated/α-hetero) is 1. The Morgan fingerprint density at radius 2 is 1.94 bits per heavy atom. The lowest BCUT2D eigenvalue weighted by molar-refractivity contribution is -0.126. The van der Waals surface area contributed by atoms with Gasteiger partial charge in [-0.15, -0.1) is 0 Å². The van der Waals surface area contributed by atoms with E-state index >= 15 is 0 Å². The van der Waals surface area contributed by atoms with Crippen LogP contribution in [0.15, 0.2) is 0 Å². The van der Waals surface area contributed by atoms with E-state index in [1.54, 1.807) is 0 Å². The number of rotatable bonds is 4. The van der Waals surface area contributed by atoms with Gasteiger partial charge in [0.05, 0.1) is 0 Å². The second kappa shape index (κ2) is 5.81. The highest BCUT2D eigenvalue weighted by molar-refractivity contribution is 5.82. The maximum atomic E-state index is 11.9. The van der Waals surface area contributed by atoms with Gasteiger partial charge in [-0.2, -0.15) is 0 Å².